The van der Waals surface area contributed by atoms with Crippen LogP contribution in [-0.4, -0.2) is 25.0 Å². The van der Waals surface area contributed by atoms with Crippen molar-refractivity contribution in [2.45, 2.75) is 32.7 Å². The molecule has 1 nitrogen and oxygen atoms in total. The Morgan fingerprint density at radius 3 is 2.00 bits per heavy atom. The zero-order valence-corrected chi connectivity index (χ0v) is 7.59. The molecule has 10 heavy (non-hydrogen) atoms. The Morgan fingerprint density at radius 2 is 1.70 bits per heavy atom. The van der Waals surface area contributed by atoms with Crippen LogP contribution in [0.2, 0.25) is 0 Å². The second-order valence-corrected chi connectivity index (χ2v) is 4.09. The maximum absolute atomic E-state index is 2.35. The second kappa shape index (κ2) is 2.91. The molecule has 0 saturated heterocycles. The van der Waals surface area contributed by atoms with Gasteiger partial charge in [0.05, 0.1) is 0 Å². The molecule has 0 spiro atoms. The first-order chi connectivity index (χ1) is 4.61. The van der Waals surface area contributed by atoms with Crippen LogP contribution in [0.3, 0.4) is 0 Å². The Labute approximate surface area is 64.4 Å². The first kappa shape index (κ1) is 8.06. The maximum atomic E-state index is 2.35. The van der Waals surface area contributed by atoms with Crippen LogP contribution in [0.5, 0.6) is 0 Å². The van der Waals surface area contributed by atoms with E-state index < -0.39 is 0 Å². The molecule has 1 saturated carbocycles. The van der Waals surface area contributed by atoms with Crippen LogP contribution < -0.4 is 0 Å². The van der Waals surface area contributed by atoms with E-state index in [9.17, 15) is 0 Å². The third-order valence-electron chi connectivity index (χ3n) is 2.82. The monoisotopic (exact) mass is 141 g/mol. The lowest BCUT2D eigenvalue weighted by Gasteiger charge is -2.41. The van der Waals surface area contributed by atoms with E-state index >= 15 is 0 Å². The highest BCUT2D eigenvalue weighted by atomic mass is 15.1. The second-order valence-electron chi connectivity index (χ2n) is 4.09. The summed E-state index contributed by atoms with van der Waals surface area (Å²) in [6.07, 6.45) is 2.84. The van der Waals surface area contributed by atoms with Crippen LogP contribution in [0.4, 0.5) is 0 Å². The summed E-state index contributed by atoms with van der Waals surface area (Å²) in [4.78, 5) is 2.35. The van der Waals surface area contributed by atoms with Crippen molar-refractivity contribution in [3.05, 3.63) is 0 Å². The van der Waals surface area contributed by atoms with Gasteiger partial charge < -0.3 is 4.90 Å². The molecule has 1 rings (SSSR count). The third kappa shape index (κ3) is 1.51. The number of hydrogen-bond acceptors (Lipinski definition) is 1. The van der Waals surface area contributed by atoms with E-state index in [2.05, 4.69) is 32.8 Å². The van der Waals surface area contributed by atoms with E-state index in [0.717, 1.165) is 17.9 Å². The van der Waals surface area contributed by atoms with Gasteiger partial charge in [-0.1, -0.05) is 13.8 Å². The summed E-state index contributed by atoms with van der Waals surface area (Å²) in [5, 5.41) is 0. The Morgan fingerprint density at radius 1 is 1.20 bits per heavy atom. The van der Waals surface area contributed by atoms with Crippen molar-refractivity contribution in [2.24, 2.45) is 11.8 Å². The summed E-state index contributed by atoms with van der Waals surface area (Å²) in [5.74, 6) is 1.91. The molecule has 0 aromatic rings. The van der Waals surface area contributed by atoms with Gasteiger partial charge >= 0.3 is 0 Å². The molecule has 0 unspecified atom stereocenters. The Hall–Kier alpha value is -0.0400. The lowest BCUT2D eigenvalue weighted by Crippen LogP contribution is -2.42. The zero-order valence-electron chi connectivity index (χ0n) is 7.59. The zero-order chi connectivity index (χ0) is 7.72. The predicted octanol–water partition coefficient (Wildman–Crippen LogP) is 1.98. The van der Waals surface area contributed by atoms with Crippen molar-refractivity contribution in [1.29, 1.82) is 0 Å². The Bertz CT molecular complexity index is 89.3. The van der Waals surface area contributed by atoms with Gasteiger partial charge in [-0.05, 0) is 38.8 Å². The molecule has 0 heterocycles. The van der Waals surface area contributed by atoms with Gasteiger partial charge in [0.1, 0.15) is 0 Å². The largest absolute Gasteiger partial charge is 0.306 e. The van der Waals surface area contributed by atoms with E-state index in [4.69, 9.17) is 0 Å². The van der Waals surface area contributed by atoms with Gasteiger partial charge in [0, 0.05) is 6.04 Å². The number of nitrogens with zero attached hydrogens (tertiary/aromatic N) is 1. The predicted molar refractivity (Wildman–Crippen MR) is 45.0 cm³/mol. The first-order valence-corrected chi connectivity index (χ1v) is 4.27. The van der Waals surface area contributed by atoms with E-state index in [1.165, 1.54) is 12.8 Å². The molecule has 1 fully saturated rings. The van der Waals surface area contributed by atoms with Gasteiger partial charge in [-0.25, -0.2) is 0 Å². The van der Waals surface area contributed by atoms with Gasteiger partial charge in [-0.15, -0.1) is 0 Å². The van der Waals surface area contributed by atoms with Crippen molar-refractivity contribution < 1.29 is 0 Å². The SMILES string of the molecule is CC(C)[C@H]1C[C@@H](N(C)C)C1. The number of rotatable bonds is 2. The van der Waals surface area contributed by atoms with Crippen LogP contribution in [-0.2, 0) is 0 Å². The van der Waals surface area contributed by atoms with Crippen molar-refractivity contribution in [1.82, 2.24) is 4.90 Å². The highest BCUT2D eigenvalue weighted by Crippen LogP contribution is 2.35. The maximum Gasteiger partial charge on any atom is 0.00946 e. The standard InChI is InChI=1S/C9H19N/c1-7(2)8-5-9(6-8)10(3)4/h7-9H,5-6H2,1-4H3/t8-,9+. The molecule has 0 atom stereocenters. The van der Waals surface area contributed by atoms with Crippen molar-refractivity contribution in [2.75, 3.05) is 14.1 Å². The van der Waals surface area contributed by atoms with E-state index in [0.29, 0.717) is 0 Å². The molecule has 0 aromatic heterocycles. The molecule has 0 aromatic carbocycles. The normalized spacial score (nSPS) is 33.0. The minimum atomic E-state index is 0.882. The van der Waals surface area contributed by atoms with Crippen LogP contribution in [0.25, 0.3) is 0 Å². The Kier molecular flexibility index (Phi) is 2.35. The molecular weight excluding hydrogens is 122 g/mol. The molecule has 0 aliphatic heterocycles. The summed E-state index contributed by atoms with van der Waals surface area (Å²) in [5.41, 5.74) is 0. The van der Waals surface area contributed by atoms with E-state index in [1.54, 1.807) is 0 Å². The van der Waals surface area contributed by atoms with Gasteiger partial charge in [-0.2, -0.15) is 0 Å². The fourth-order valence-electron chi connectivity index (χ4n) is 1.60. The molecule has 0 bridgehead atoms. The summed E-state index contributed by atoms with van der Waals surface area (Å²) in [6.45, 7) is 4.66. The third-order valence-corrected chi connectivity index (χ3v) is 2.82. The van der Waals surface area contributed by atoms with Crippen molar-refractivity contribution in [3.8, 4) is 0 Å². The van der Waals surface area contributed by atoms with Gasteiger partial charge in [0.2, 0.25) is 0 Å². The van der Waals surface area contributed by atoms with Gasteiger partial charge in [0.15, 0.2) is 0 Å². The van der Waals surface area contributed by atoms with Crippen molar-refractivity contribution >= 4 is 0 Å². The molecule has 1 aliphatic rings. The van der Waals surface area contributed by atoms with Crippen LogP contribution in [0.1, 0.15) is 26.7 Å². The Balaban J connectivity index is 2.18. The molecular formula is C9H19N. The summed E-state index contributed by atoms with van der Waals surface area (Å²) >= 11 is 0. The molecule has 60 valence electrons. The lowest BCUT2D eigenvalue weighted by atomic mass is 9.73. The van der Waals surface area contributed by atoms with Gasteiger partial charge in [-0.3, -0.25) is 0 Å². The molecule has 1 aliphatic carbocycles. The fourth-order valence-corrected chi connectivity index (χ4v) is 1.60. The van der Waals surface area contributed by atoms with Crippen LogP contribution in [0.15, 0.2) is 0 Å². The van der Waals surface area contributed by atoms with Crippen molar-refractivity contribution in [3.63, 3.8) is 0 Å². The van der Waals surface area contributed by atoms with Gasteiger partial charge in [0.25, 0.3) is 0 Å². The lowest BCUT2D eigenvalue weighted by molar-refractivity contribution is 0.0924. The van der Waals surface area contributed by atoms with Crippen LogP contribution >= 0.6 is 0 Å². The van der Waals surface area contributed by atoms with Crippen LogP contribution in [0, 0.1) is 11.8 Å². The highest BCUT2D eigenvalue weighted by Gasteiger charge is 2.31. The summed E-state index contributed by atoms with van der Waals surface area (Å²) in [7, 11) is 4.36. The minimum Gasteiger partial charge on any atom is -0.306 e. The summed E-state index contributed by atoms with van der Waals surface area (Å²) in [6, 6.07) is 0.882. The number of hydrogen-bond donors (Lipinski definition) is 0. The highest BCUT2D eigenvalue weighted by molar-refractivity contribution is 4.86. The fraction of sp³-hybridized carbons (Fsp3) is 1.00. The molecule has 0 radical (unpaired) electrons. The summed E-state index contributed by atoms with van der Waals surface area (Å²) < 4.78 is 0. The molecule has 0 amide bonds. The quantitative estimate of drug-likeness (QED) is 0.568. The molecule has 1 heteroatoms. The van der Waals surface area contributed by atoms with E-state index in [1.807, 2.05) is 0 Å². The average Bonchev–Trinajstić information content (AvgIpc) is 1.56. The molecule has 0 N–H and O–H groups in total. The topological polar surface area (TPSA) is 3.24 Å². The minimum absolute atomic E-state index is 0.882. The van der Waals surface area contributed by atoms with E-state index in [-0.39, 0.29) is 0 Å². The first-order valence-electron chi connectivity index (χ1n) is 4.27. The smallest absolute Gasteiger partial charge is 0.00946 e. The average molecular weight is 141 g/mol.